The average molecular weight is 129 g/mol. The number of hydrogen-bond acceptors (Lipinski definition) is 5. The van der Waals surface area contributed by atoms with Gasteiger partial charge in [0.2, 0.25) is 0 Å². The maximum Gasteiger partial charge on any atom is 0.0724 e. The molecule has 5 heavy (non-hydrogen) atoms. The molecule has 32 valence electrons. The highest BCUT2D eigenvalue weighted by atomic mass is 33.5. The second-order valence-corrected chi connectivity index (χ2v) is 3.37. The minimum Gasteiger partial charge on any atom is -0.320 e. The fraction of sp³-hybridized carbons (Fsp3) is 0. The molecule has 0 aromatic carbocycles. The van der Waals surface area contributed by atoms with E-state index in [1.54, 1.807) is 0 Å². The van der Waals surface area contributed by atoms with E-state index in [0.717, 1.165) is 20.8 Å². The lowest BCUT2D eigenvalue weighted by atomic mass is 14.0. The minimum absolute atomic E-state index is 0.656. The fourth-order valence-electron chi connectivity index (χ4n) is 0.0176. The third-order valence-electron chi connectivity index (χ3n) is 0.0697. The molecule has 0 saturated heterocycles. The Bertz CT molecular complexity index is 14.4. The predicted molar refractivity (Wildman–Crippen MR) is 29.6 cm³/mol. The predicted octanol–water partition coefficient (Wildman–Crippen LogP) is 1.36. The molecule has 0 radical (unpaired) electrons. The summed E-state index contributed by atoms with van der Waals surface area (Å²) in [5, 5.41) is 4.84. The molecule has 0 amide bonds. The standard InChI is InChI=1S/H3NOS3/c1-3-5-4-2/h2H,1H2. The van der Waals surface area contributed by atoms with E-state index >= 15 is 0 Å². The summed E-state index contributed by atoms with van der Waals surface area (Å²) in [6.45, 7) is 0. The molecule has 0 bridgehead atoms. The average Bonchev–Trinajstić information content (AvgIpc) is 1.41. The molecular weight excluding hydrogens is 126 g/mol. The zero-order valence-electron chi connectivity index (χ0n) is 2.25. The van der Waals surface area contributed by atoms with Crippen LogP contribution in [0.2, 0.25) is 0 Å². The van der Waals surface area contributed by atoms with Crippen molar-refractivity contribution >= 4 is 31.9 Å². The van der Waals surface area contributed by atoms with Crippen molar-refractivity contribution in [3.63, 3.8) is 0 Å². The van der Waals surface area contributed by atoms with Crippen molar-refractivity contribution in [2.24, 2.45) is 5.14 Å². The third kappa shape index (κ3) is 4.97. The van der Waals surface area contributed by atoms with Gasteiger partial charge in [0, 0.05) is 9.83 Å². The van der Waals surface area contributed by atoms with Crippen molar-refractivity contribution in [2.75, 3.05) is 0 Å². The maximum atomic E-state index is 7.85. The van der Waals surface area contributed by atoms with Crippen LogP contribution in [0.1, 0.15) is 0 Å². The summed E-state index contributed by atoms with van der Waals surface area (Å²) >= 11 is 0.656. The Morgan fingerprint density at radius 2 is 2.20 bits per heavy atom. The van der Waals surface area contributed by atoms with Crippen molar-refractivity contribution < 1.29 is 4.55 Å². The topological polar surface area (TPSA) is 46.2 Å². The smallest absolute Gasteiger partial charge is 0.0724 e. The van der Waals surface area contributed by atoms with Crippen LogP contribution in [-0.2, 0) is 0 Å². The first-order valence-corrected chi connectivity index (χ1v) is 4.25. The molecule has 0 aromatic heterocycles. The third-order valence-corrected chi connectivity index (χ3v) is 1.88. The van der Waals surface area contributed by atoms with Crippen LogP contribution in [0, 0.1) is 0 Å². The lowest BCUT2D eigenvalue weighted by Gasteiger charge is -1.76. The quantitative estimate of drug-likeness (QED) is 0.335. The summed E-state index contributed by atoms with van der Waals surface area (Å²) in [4.78, 5) is 0. The van der Waals surface area contributed by atoms with Gasteiger partial charge in [-0.3, -0.25) is 5.14 Å². The molecule has 0 unspecified atom stereocenters. The Hall–Kier alpha value is 0.970. The lowest BCUT2D eigenvalue weighted by molar-refractivity contribution is 0.676. The Labute approximate surface area is 42.0 Å². The van der Waals surface area contributed by atoms with Crippen molar-refractivity contribution in [1.82, 2.24) is 0 Å². The molecule has 0 spiro atoms. The van der Waals surface area contributed by atoms with Gasteiger partial charge in [-0.15, -0.1) is 0 Å². The molecule has 0 fully saturated rings. The van der Waals surface area contributed by atoms with Gasteiger partial charge in [0.1, 0.15) is 0 Å². The van der Waals surface area contributed by atoms with Crippen LogP contribution in [0.5, 0.6) is 0 Å². The van der Waals surface area contributed by atoms with Crippen LogP contribution in [-0.4, -0.2) is 4.55 Å². The zero-order chi connectivity index (χ0) is 4.12. The highest BCUT2D eigenvalue weighted by molar-refractivity contribution is 9.07. The Kier molecular flexibility index (Phi) is 5.93. The van der Waals surface area contributed by atoms with Crippen LogP contribution in [0.4, 0.5) is 0 Å². The van der Waals surface area contributed by atoms with Crippen LogP contribution in [0.3, 0.4) is 0 Å². The second-order valence-electron chi connectivity index (χ2n) is 0.239. The first-order chi connectivity index (χ1) is 2.41. The molecular formula is H3NOS3. The number of hydrogen-bond donors (Lipinski definition) is 2. The lowest BCUT2D eigenvalue weighted by Crippen LogP contribution is -1.62. The van der Waals surface area contributed by atoms with Gasteiger partial charge < -0.3 is 4.55 Å². The van der Waals surface area contributed by atoms with Gasteiger partial charge in [-0.2, -0.15) is 0 Å². The van der Waals surface area contributed by atoms with Crippen molar-refractivity contribution in [1.29, 1.82) is 0 Å². The van der Waals surface area contributed by atoms with Crippen molar-refractivity contribution in [3.8, 4) is 0 Å². The van der Waals surface area contributed by atoms with Crippen LogP contribution in [0.25, 0.3) is 0 Å². The number of nitrogens with two attached hydrogens (primary N) is 1. The molecule has 2 nitrogen and oxygen atoms in total. The summed E-state index contributed by atoms with van der Waals surface area (Å²) < 4.78 is 7.85. The Balaban J connectivity index is 2.19. The first-order valence-electron chi connectivity index (χ1n) is 0.752. The molecule has 0 atom stereocenters. The van der Waals surface area contributed by atoms with E-state index in [4.69, 9.17) is 9.69 Å². The van der Waals surface area contributed by atoms with Gasteiger partial charge in [0.15, 0.2) is 0 Å². The summed E-state index contributed by atoms with van der Waals surface area (Å²) in [5.41, 5.74) is 0. The number of rotatable bonds is 2. The molecule has 5 heteroatoms. The highest BCUT2D eigenvalue weighted by Crippen LogP contribution is 2.25. The van der Waals surface area contributed by atoms with Gasteiger partial charge in [0.25, 0.3) is 0 Å². The molecule has 0 aromatic rings. The summed E-state index contributed by atoms with van der Waals surface area (Å²) in [5.74, 6) is 0. The van der Waals surface area contributed by atoms with E-state index in [0.29, 0.717) is 11.1 Å². The summed E-state index contributed by atoms with van der Waals surface area (Å²) in [6, 6.07) is 0. The van der Waals surface area contributed by atoms with Crippen molar-refractivity contribution in [3.05, 3.63) is 0 Å². The molecule has 0 aliphatic carbocycles. The van der Waals surface area contributed by atoms with Crippen molar-refractivity contribution in [2.45, 2.75) is 0 Å². The van der Waals surface area contributed by atoms with E-state index in [1.165, 1.54) is 0 Å². The molecule has 0 aliphatic heterocycles. The monoisotopic (exact) mass is 129 g/mol. The highest BCUT2D eigenvalue weighted by Gasteiger charge is 1.72. The first kappa shape index (κ1) is 5.97. The van der Waals surface area contributed by atoms with Crippen LogP contribution < -0.4 is 5.14 Å². The van der Waals surface area contributed by atoms with Crippen LogP contribution in [0.15, 0.2) is 0 Å². The zero-order valence-corrected chi connectivity index (χ0v) is 4.70. The van der Waals surface area contributed by atoms with Gasteiger partial charge in [0.05, 0.1) is 11.1 Å². The van der Waals surface area contributed by atoms with Gasteiger partial charge in [-0.05, 0) is 11.0 Å². The van der Waals surface area contributed by atoms with Gasteiger partial charge >= 0.3 is 0 Å². The largest absolute Gasteiger partial charge is 0.320 e. The van der Waals surface area contributed by atoms with E-state index < -0.39 is 0 Å². The van der Waals surface area contributed by atoms with E-state index in [-0.39, 0.29) is 0 Å². The Morgan fingerprint density at radius 3 is 2.20 bits per heavy atom. The fourth-order valence-corrected chi connectivity index (χ4v) is 0.474. The normalized spacial score (nSPS) is 8.40. The molecule has 0 rings (SSSR count). The minimum atomic E-state index is 0.656. The SMILES string of the molecule is NSSSO. The molecule has 0 aliphatic rings. The van der Waals surface area contributed by atoms with Gasteiger partial charge in [-0.1, -0.05) is 0 Å². The summed E-state index contributed by atoms with van der Waals surface area (Å²) in [7, 11) is 2.16. The van der Waals surface area contributed by atoms with E-state index in [2.05, 4.69) is 0 Å². The van der Waals surface area contributed by atoms with Crippen LogP contribution >= 0.6 is 31.9 Å². The molecule has 0 saturated carbocycles. The summed E-state index contributed by atoms with van der Waals surface area (Å²) in [6.07, 6.45) is 0. The Morgan fingerprint density at radius 1 is 1.60 bits per heavy atom. The van der Waals surface area contributed by atoms with E-state index in [1.807, 2.05) is 0 Å². The molecule has 3 N–H and O–H groups in total. The second kappa shape index (κ2) is 4.97. The van der Waals surface area contributed by atoms with Gasteiger partial charge in [-0.25, -0.2) is 0 Å². The maximum absolute atomic E-state index is 7.85. The van der Waals surface area contributed by atoms with E-state index in [9.17, 15) is 0 Å². The molecule has 0 heterocycles.